The maximum Gasteiger partial charge on any atom is 0.238 e. The van der Waals surface area contributed by atoms with Crippen LogP contribution in [-0.2, 0) is 10.2 Å². The van der Waals surface area contributed by atoms with E-state index in [0.29, 0.717) is 33.1 Å². The van der Waals surface area contributed by atoms with Gasteiger partial charge in [-0.3, -0.25) is 14.4 Å². The minimum absolute atomic E-state index is 0.267. The van der Waals surface area contributed by atoms with Crippen molar-refractivity contribution in [3.8, 4) is 5.75 Å². The molecule has 0 radical (unpaired) electrons. The maximum absolute atomic E-state index is 15.0. The molecule has 1 fully saturated rings. The van der Waals surface area contributed by atoms with Gasteiger partial charge in [-0.25, -0.2) is 0 Å². The van der Waals surface area contributed by atoms with E-state index in [2.05, 4.69) is 11.9 Å². The molecule has 0 aliphatic carbocycles. The van der Waals surface area contributed by atoms with Crippen molar-refractivity contribution in [2.45, 2.75) is 17.5 Å². The molecule has 1 N–H and O–H groups in total. The van der Waals surface area contributed by atoms with Gasteiger partial charge in [0.25, 0.3) is 0 Å². The number of amides is 1. The fourth-order valence-corrected chi connectivity index (χ4v) is 7.15. The van der Waals surface area contributed by atoms with E-state index in [0.717, 1.165) is 11.1 Å². The summed E-state index contributed by atoms with van der Waals surface area (Å²) in [7, 11) is 0. The number of rotatable bonds is 7. The van der Waals surface area contributed by atoms with Crippen LogP contribution in [0, 0.1) is 5.92 Å². The Balaban J connectivity index is 1.50. The zero-order chi connectivity index (χ0) is 29.7. The molecule has 3 heterocycles. The van der Waals surface area contributed by atoms with E-state index >= 15 is 0 Å². The van der Waals surface area contributed by atoms with Crippen LogP contribution in [0.15, 0.2) is 116 Å². The standard InChI is InChI=1S/C36H27ClN2O4/c1-2-20-43-26-10-7-9-24(21-26)32(40)30-31(33(41)23-14-16-25(37)17-15-23)39-19-18-22-8-3-4-11-27(22)34(39)36(30)28-12-5-6-13-29(28)38-35(36)42/h2-19,21,30-31,34H,1,20H2,(H,38,42)/t30-,31+,34-,36+/m0/s1. The molecule has 4 aromatic carbocycles. The summed E-state index contributed by atoms with van der Waals surface area (Å²) in [5, 5.41) is 3.57. The van der Waals surface area contributed by atoms with Gasteiger partial charge in [0, 0.05) is 28.0 Å². The van der Waals surface area contributed by atoms with Gasteiger partial charge in [-0.2, -0.15) is 0 Å². The van der Waals surface area contributed by atoms with Gasteiger partial charge >= 0.3 is 0 Å². The molecule has 4 atom stereocenters. The number of nitrogens with zero attached hydrogens (tertiary/aromatic N) is 1. The van der Waals surface area contributed by atoms with Crippen LogP contribution in [0.1, 0.15) is 43.4 Å². The fourth-order valence-electron chi connectivity index (χ4n) is 7.03. The smallest absolute Gasteiger partial charge is 0.238 e. The van der Waals surface area contributed by atoms with Crippen LogP contribution < -0.4 is 10.1 Å². The molecule has 1 saturated heterocycles. The lowest BCUT2D eigenvalue weighted by Gasteiger charge is -2.38. The number of nitrogens with one attached hydrogen (secondary N) is 1. The van der Waals surface area contributed by atoms with Crippen LogP contribution in [0.2, 0.25) is 5.02 Å². The van der Waals surface area contributed by atoms with Crippen LogP contribution in [0.4, 0.5) is 5.69 Å². The Morgan fingerprint density at radius 3 is 2.51 bits per heavy atom. The first-order valence-corrected chi connectivity index (χ1v) is 14.5. The Morgan fingerprint density at radius 2 is 1.70 bits per heavy atom. The largest absolute Gasteiger partial charge is 0.490 e. The number of hydrogen-bond donors (Lipinski definition) is 1. The van der Waals surface area contributed by atoms with E-state index in [4.69, 9.17) is 16.3 Å². The molecule has 0 unspecified atom stereocenters. The normalized spacial score (nSPS) is 22.9. The lowest BCUT2D eigenvalue weighted by molar-refractivity contribution is -0.122. The number of benzene rings is 4. The SMILES string of the molecule is C=CCOc1cccc(C(=O)[C@@H]2[C@H](C(=O)c3ccc(Cl)cc3)N3C=Cc4ccccc4[C@H]3[C@]23C(=O)Nc2ccccc23)c1. The molecule has 3 aliphatic rings. The van der Waals surface area contributed by atoms with Crippen LogP contribution in [0.3, 0.4) is 0 Å². The van der Waals surface area contributed by atoms with Crippen LogP contribution >= 0.6 is 11.6 Å². The van der Waals surface area contributed by atoms with Crippen molar-refractivity contribution in [3.63, 3.8) is 0 Å². The predicted molar refractivity (Wildman–Crippen MR) is 166 cm³/mol. The van der Waals surface area contributed by atoms with Crippen molar-refractivity contribution < 1.29 is 19.1 Å². The van der Waals surface area contributed by atoms with Gasteiger partial charge < -0.3 is 15.0 Å². The zero-order valence-corrected chi connectivity index (χ0v) is 23.8. The third-order valence-electron chi connectivity index (χ3n) is 8.74. The molecular formula is C36H27ClN2O4. The molecule has 7 rings (SSSR count). The molecule has 43 heavy (non-hydrogen) atoms. The van der Waals surface area contributed by atoms with Gasteiger partial charge in [-0.05, 0) is 65.2 Å². The second kappa shape index (κ2) is 10.4. The first-order valence-electron chi connectivity index (χ1n) is 14.1. The summed E-state index contributed by atoms with van der Waals surface area (Å²) in [6, 6.07) is 27.2. The number of halogens is 1. The van der Waals surface area contributed by atoms with E-state index in [1.165, 1.54) is 0 Å². The van der Waals surface area contributed by atoms with Gasteiger partial charge in [0.1, 0.15) is 23.8 Å². The van der Waals surface area contributed by atoms with Gasteiger partial charge in [0.2, 0.25) is 5.91 Å². The third-order valence-corrected chi connectivity index (χ3v) is 8.99. The summed E-state index contributed by atoms with van der Waals surface area (Å²) in [5.41, 5.74) is 2.51. The number of hydrogen-bond acceptors (Lipinski definition) is 5. The number of para-hydroxylation sites is 1. The maximum atomic E-state index is 15.0. The highest BCUT2D eigenvalue weighted by atomic mass is 35.5. The van der Waals surface area contributed by atoms with Crippen LogP contribution in [0.5, 0.6) is 5.75 Å². The third kappa shape index (κ3) is 4.05. The molecule has 1 spiro atoms. The average molecular weight is 587 g/mol. The second-order valence-corrected chi connectivity index (χ2v) is 11.4. The number of ether oxygens (including phenoxy) is 1. The van der Waals surface area contributed by atoms with E-state index in [-0.39, 0.29) is 24.1 Å². The Hall–Kier alpha value is -4.94. The van der Waals surface area contributed by atoms with Crippen LogP contribution in [-0.4, -0.2) is 35.0 Å². The van der Waals surface area contributed by atoms with Gasteiger partial charge in [0.05, 0.1) is 12.0 Å². The van der Waals surface area contributed by atoms with Gasteiger partial charge in [-0.1, -0.05) is 78.9 Å². The number of Topliss-reactive ketones (excluding diaryl/α,β-unsaturated/α-hetero) is 2. The Labute approximate surface area is 254 Å². The van der Waals surface area contributed by atoms with Crippen LogP contribution in [0.25, 0.3) is 6.08 Å². The van der Waals surface area contributed by atoms with Crippen molar-refractivity contribution in [2.24, 2.45) is 5.92 Å². The molecule has 7 heteroatoms. The second-order valence-electron chi connectivity index (χ2n) is 10.9. The first kappa shape index (κ1) is 26.9. The average Bonchev–Trinajstić information content (AvgIpc) is 3.52. The molecule has 0 bridgehead atoms. The Morgan fingerprint density at radius 1 is 0.930 bits per heavy atom. The summed E-state index contributed by atoms with van der Waals surface area (Å²) >= 11 is 6.17. The summed E-state index contributed by atoms with van der Waals surface area (Å²) in [6.07, 6.45) is 5.43. The van der Waals surface area contributed by atoms with E-state index in [1.54, 1.807) is 54.6 Å². The number of carbonyl (C=O) groups excluding carboxylic acids is 3. The Bertz CT molecular complexity index is 1830. The fraction of sp³-hybridized carbons (Fsp3) is 0.139. The van der Waals surface area contributed by atoms with Gasteiger partial charge in [0.15, 0.2) is 11.6 Å². The minimum atomic E-state index is -1.40. The topological polar surface area (TPSA) is 75.7 Å². The minimum Gasteiger partial charge on any atom is -0.490 e. The number of ketones is 2. The zero-order valence-electron chi connectivity index (χ0n) is 23.1. The van der Waals surface area contributed by atoms with Crippen molar-refractivity contribution >= 4 is 40.8 Å². The number of anilines is 1. The lowest BCUT2D eigenvalue weighted by Crippen LogP contribution is -2.49. The van der Waals surface area contributed by atoms with E-state index in [1.807, 2.05) is 65.7 Å². The summed E-state index contributed by atoms with van der Waals surface area (Å²) in [4.78, 5) is 46.0. The quantitative estimate of drug-likeness (QED) is 0.189. The highest BCUT2D eigenvalue weighted by Gasteiger charge is 2.70. The Kier molecular flexibility index (Phi) is 6.51. The molecular weight excluding hydrogens is 560 g/mol. The van der Waals surface area contributed by atoms with E-state index in [9.17, 15) is 14.4 Å². The molecule has 0 aromatic heterocycles. The van der Waals surface area contributed by atoms with Crippen molar-refractivity contribution in [1.29, 1.82) is 0 Å². The number of carbonyl (C=O) groups is 3. The molecule has 1 amide bonds. The molecule has 3 aliphatic heterocycles. The molecule has 0 saturated carbocycles. The highest BCUT2D eigenvalue weighted by molar-refractivity contribution is 6.30. The number of fused-ring (bicyclic) bond motifs is 6. The molecule has 212 valence electrons. The highest BCUT2D eigenvalue weighted by Crippen LogP contribution is 2.62. The lowest BCUT2D eigenvalue weighted by atomic mass is 9.62. The van der Waals surface area contributed by atoms with Gasteiger partial charge in [-0.15, -0.1) is 0 Å². The monoisotopic (exact) mass is 586 g/mol. The van der Waals surface area contributed by atoms with E-state index < -0.39 is 23.4 Å². The predicted octanol–water partition coefficient (Wildman–Crippen LogP) is 6.89. The summed E-state index contributed by atoms with van der Waals surface area (Å²) in [6.45, 7) is 3.98. The van der Waals surface area contributed by atoms with Crippen molar-refractivity contribution in [1.82, 2.24) is 4.90 Å². The summed E-state index contributed by atoms with van der Waals surface area (Å²) in [5.74, 6) is -1.47. The first-order chi connectivity index (χ1) is 20.9. The molecule has 6 nitrogen and oxygen atoms in total. The molecule has 4 aromatic rings. The summed E-state index contributed by atoms with van der Waals surface area (Å²) < 4.78 is 5.75. The van der Waals surface area contributed by atoms with Crippen molar-refractivity contribution in [2.75, 3.05) is 11.9 Å². The van der Waals surface area contributed by atoms with Crippen molar-refractivity contribution in [3.05, 3.63) is 149 Å².